The molecule has 1 heterocycles. The van der Waals surface area contributed by atoms with Crippen molar-refractivity contribution in [2.24, 2.45) is 5.41 Å². The van der Waals surface area contributed by atoms with Crippen molar-refractivity contribution in [1.29, 1.82) is 0 Å². The van der Waals surface area contributed by atoms with Gasteiger partial charge < -0.3 is 15.2 Å². The van der Waals surface area contributed by atoms with Crippen LogP contribution in [0.25, 0.3) is 0 Å². The SMILES string of the molecule is CCOC1CC(NC(=O)c2ccc(C(=O)O)nc2)C12CCC2. The van der Waals surface area contributed by atoms with Crippen LogP contribution in [-0.2, 0) is 4.74 Å². The summed E-state index contributed by atoms with van der Waals surface area (Å²) in [5, 5.41) is 11.9. The number of hydrogen-bond donors (Lipinski definition) is 2. The molecule has 22 heavy (non-hydrogen) atoms. The van der Waals surface area contributed by atoms with E-state index in [2.05, 4.69) is 10.3 Å². The summed E-state index contributed by atoms with van der Waals surface area (Å²) in [7, 11) is 0. The van der Waals surface area contributed by atoms with Crippen molar-refractivity contribution in [3.8, 4) is 0 Å². The number of nitrogens with zero attached hydrogens (tertiary/aromatic N) is 1. The Hall–Kier alpha value is -1.95. The van der Waals surface area contributed by atoms with E-state index in [0.29, 0.717) is 12.2 Å². The second-order valence-corrected chi connectivity index (χ2v) is 6.03. The lowest BCUT2D eigenvalue weighted by molar-refractivity contribution is -0.169. The van der Waals surface area contributed by atoms with Crippen molar-refractivity contribution in [2.75, 3.05) is 6.61 Å². The van der Waals surface area contributed by atoms with Crippen LogP contribution in [0.1, 0.15) is 53.5 Å². The molecule has 0 saturated heterocycles. The first-order valence-corrected chi connectivity index (χ1v) is 7.68. The Labute approximate surface area is 128 Å². The standard InChI is InChI=1S/C16H20N2O4/c1-2-22-13-8-12(16(13)6-3-7-16)18-14(19)10-4-5-11(15(20)21)17-9-10/h4-5,9,12-13H,2-3,6-8H2,1H3,(H,18,19)(H,20,21). The predicted octanol–water partition coefficient (Wildman–Crippen LogP) is 1.86. The number of rotatable bonds is 5. The second-order valence-electron chi connectivity index (χ2n) is 6.03. The zero-order valence-corrected chi connectivity index (χ0v) is 12.5. The summed E-state index contributed by atoms with van der Waals surface area (Å²) >= 11 is 0. The lowest BCUT2D eigenvalue weighted by atomic mass is 9.51. The molecule has 2 N–H and O–H groups in total. The van der Waals surface area contributed by atoms with Gasteiger partial charge >= 0.3 is 5.97 Å². The maximum atomic E-state index is 12.3. The normalized spacial score (nSPS) is 25.1. The van der Waals surface area contributed by atoms with Crippen molar-refractivity contribution in [3.63, 3.8) is 0 Å². The molecule has 2 aliphatic rings. The minimum absolute atomic E-state index is 0.0629. The highest BCUT2D eigenvalue weighted by Crippen LogP contribution is 2.57. The number of carboxylic acids is 1. The predicted molar refractivity (Wildman–Crippen MR) is 78.8 cm³/mol. The number of aromatic nitrogens is 1. The van der Waals surface area contributed by atoms with E-state index in [4.69, 9.17) is 9.84 Å². The number of aromatic carboxylic acids is 1. The Morgan fingerprint density at radius 2 is 2.23 bits per heavy atom. The monoisotopic (exact) mass is 304 g/mol. The van der Waals surface area contributed by atoms with Gasteiger partial charge in [-0.15, -0.1) is 0 Å². The van der Waals surface area contributed by atoms with E-state index in [1.165, 1.54) is 24.8 Å². The molecule has 2 saturated carbocycles. The van der Waals surface area contributed by atoms with E-state index in [-0.39, 0.29) is 29.2 Å². The van der Waals surface area contributed by atoms with Gasteiger partial charge in [-0.3, -0.25) is 4.79 Å². The molecular weight excluding hydrogens is 284 g/mol. The number of nitrogens with one attached hydrogen (secondary N) is 1. The molecule has 6 nitrogen and oxygen atoms in total. The van der Waals surface area contributed by atoms with E-state index in [9.17, 15) is 9.59 Å². The number of hydrogen-bond acceptors (Lipinski definition) is 4. The van der Waals surface area contributed by atoms with Crippen LogP contribution in [0.2, 0.25) is 0 Å². The first kappa shape index (κ1) is 15.0. The van der Waals surface area contributed by atoms with Gasteiger partial charge in [-0.1, -0.05) is 6.42 Å². The number of amides is 1. The fourth-order valence-electron chi connectivity index (χ4n) is 3.54. The highest BCUT2D eigenvalue weighted by molar-refractivity contribution is 5.95. The van der Waals surface area contributed by atoms with E-state index in [1.807, 2.05) is 6.92 Å². The highest BCUT2D eigenvalue weighted by Gasteiger charge is 2.59. The molecule has 2 fully saturated rings. The number of carboxylic acid groups (broad SMARTS) is 1. The average Bonchev–Trinajstić information content (AvgIpc) is 2.44. The van der Waals surface area contributed by atoms with Crippen molar-refractivity contribution < 1.29 is 19.4 Å². The van der Waals surface area contributed by atoms with Gasteiger partial charge in [0.15, 0.2) is 0 Å². The van der Waals surface area contributed by atoms with Crippen molar-refractivity contribution in [3.05, 3.63) is 29.6 Å². The Morgan fingerprint density at radius 1 is 1.45 bits per heavy atom. The van der Waals surface area contributed by atoms with Gasteiger partial charge in [0.25, 0.3) is 5.91 Å². The zero-order valence-electron chi connectivity index (χ0n) is 12.5. The van der Waals surface area contributed by atoms with Crippen LogP contribution in [0.3, 0.4) is 0 Å². The summed E-state index contributed by atoms with van der Waals surface area (Å²) in [4.78, 5) is 26.8. The lowest BCUT2D eigenvalue weighted by Gasteiger charge is -2.61. The Balaban J connectivity index is 1.64. The highest BCUT2D eigenvalue weighted by atomic mass is 16.5. The quantitative estimate of drug-likeness (QED) is 0.866. The number of carbonyl (C=O) groups is 2. The molecule has 1 amide bonds. The van der Waals surface area contributed by atoms with Gasteiger partial charge in [0.05, 0.1) is 11.7 Å². The molecule has 1 aromatic rings. The zero-order chi connectivity index (χ0) is 15.7. The van der Waals surface area contributed by atoms with Gasteiger partial charge in [-0.25, -0.2) is 9.78 Å². The summed E-state index contributed by atoms with van der Waals surface area (Å²) in [6.07, 6.45) is 5.79. The van der Waals surface area contributed by atoms with Crippen LogP contribution in [0.5, 0.6) is 0 Å². The molecular formula is C16H20N2O4. The largest absolute Gasteiger partial charge is 0.477 e. The number of pyridine rings is 1. The third kappa shape index (κ3) is 2.37. The summed E-state index contributed by atoms with van der Waals surface area (Å²) < 4.78 is 5.77. The maximum Gasteiger partial charge on any atom is 0.354 e. The van der Waals surface area contributed by atoms with Crippen molar-refractivity contribution >= 4 is 11.9 Å². The molecule has 0 bridgehead atoms. The minimum Gasteiger partial charge on any atom is -0.477 e. The van der Waals surface area contributed by atoms with Crippen molar-refractivity contribution in [1.82, 2.24) is 10.3 Å². The van der Waals surface area contributed by atoms with E-state index >= 15 is 0 Å². The van der Waals surface area contributed by atoms with Gasteiger partial charge in [0.2, 0.25) is 0 Å². The molecule has 2 aliphatic carbocycles. The lowest BCUT2D eigenvalue weighted by Crippen LogP contribution is -2.67. The summed E-state index contributed by atoms with van der Waals surface area (Å²) in [5.41, 5.74) is 0.437. The minimum atomic E-state index is -1.10. The van der Waals surface area contributed by atoms with Crippen LogP contribution in [0.4, 0.5) is 0 Å². The Kier molecular flexibility index (Phi) is 3.87. The molecule has 1 spiro atoms. The van der Waals surface area contributed by atoms with E-state index in [1.54, 1.807) is 0 Å². The first-order valence-electron chi connectivity index (χ1n) is 7.68. The third-order valence-corrected chi connectivity index (χ3v) is 4.99. The molecule has 0 aromatic carbocycles. The third-order valence-electron chi connectivity index (χ3n) is 4.99. The van der Waals surface area contributed by atoms with Gasteiger partial charge in [0, 0.05) is 24.3 Å². The van der Waals surface area contributed by atoms with Crippen LogP contribution < -0.4 is 5.32 Å². The fourth-order valence-corrected chi connectivity index (χ4v) is 3.54. The van der Waals surface area contributed by atoms with Crippen LogP contribution in [0.15, 0.2) is 18.3 Å². The Bertz CT molecular complexity index is 580. The molecule has 0 aliphatic heterocycles. The van der Waals surface area contributed by atoms with Crippen molar-refractivity contribution in [2.45, 2.75) is 44.8 Å². The van der Waals surface area contributed by atoms with Crippen LogP contribution >= 0.6 is 0 Å². The molecule has 6 heteroatoms. The summed E-state index contributed by atoms with van der Waals surface area (Å²) in [6.45, 7) is 2.70. The molecule has 1 aromatic heterocycles. The van der Waals surface area contributed by atoms with Gasteiger partial charge in [-0.05, 0) is 38.3 Å². The Morgan fingerprint density at radius 3 is 2.73 bits per heavy atom. The fraction of sp³-hybridized carbons (Fsp3) is 0.562. The van der Waals surface area contributed by atoms with Crippen LogP contribution in [0, 0.1) is 5.41 Å². The maximum absolute atomic E-state index is 12.3. The molecule has 2 unspecified atom stereocenters. The van der Waals surface area contributed by atoms with E-state index < -0.39 is 5.97 Å². The van der Waals surface area contributed by atoms with E-state index in [0.717, 1.165) is 19.3 Å². The van der Waals surface area contributed by atoms with Gasteiger partial charge in [0.1, 0.15) is 5.69 Å². The first-order chi connectivity index (χ1) is 10.6. The molecule has 3 rings (SSSR count). The smallest absolute Gasteiger partial charge is 0.354 e. The summed E-state index contributed by atoms with van der Waals surface area (Å²) in [6, 6.07) is 2.99. The number of ether oxygens (including phenoxy) is 1. The molecule has 118 valence electrons. The number of carbonyl (C=O) groups excluding carboxylic acids is 1. The summed E-state index contributed by atoms with van der Waals surface area (Å²) in [5.74, 6) is -1.30. The van der Waals surface area contributed by atoms with Crippen LogP contribution in [-0.4, -0.2) is 40.7 Å². The molecule has 2 atom stereocenters. The van der Waals surface area contributed by atoms with Gasteiger partial charge in [-0.2, -0.15) is 0 Å². The topological polar surface area (TPSA) is 88.5 Å². The molecule has 0 radical (unpaired) electrons. The second kappa shape index (κ2) is 5.68. The average molecular weight is 304 g/mol.